The van der Waals surface area contributed by atoms with Gasteiger partial charge in [0, 0.05) is 25.9 Å². The molecule has 0 fully saturated rings. The van der Waals surface area contributed by atoms with Crippen LogP contribution in [0, 0.1) is 0 Å². The summed E-state index contributed by atoms with van der Waals surface area (Å²) in [6, 6.07) is 0.0765. The van der Waals surface area contributed by atoms with E-state index in [2.05, 4.69) is 21.7 Å². The lowest BCUT2D eigenvalue weighted by Crippen LogP contribution is -2.43. The number of sulfone groups is 1. The number of hydrogen-bond acceptors (Lipinski definition) is 3. The zero-order valence-electron chi connectivity index (χ0n) is 12.1. The van der Waals surface area contributed by atoms with E-state index in [1.165, 1.54) is 6.26 Å². The third-order valence-corrected chi connectivity index (χ3v) is 3.34. The van der Waals surface area contributed by atoms with Crippen LogP contribution in [0.15, 0.2) is 17.1 Å². The number of rotatable bonds is 7. The largest absolute Gasteiger partial charge is 0.356 e. The molecule has 19 heavy (non-hydrogen) atoms. The Morgan fingerprint density at radius 3 is 2.53 bits per heavy atom. The van der Waals surface area contributed by atoms with Crippen LogP contribution in [0.1, 0.15) is 26.7 Å². The zero-order chi connectivity index (χ0) is 14.0. The SMILES string of the molecule is C/C=C/CCNC(=NC)NC(C)CCS(C)(=O)=O.I. The first-order valence-corrected chi connectivity index (χ1v) is 8.21. The molecule has 0 spiro atoms. The molecule has 114 valence electrons. The number of hydrogen-bond donors (Lipinski definition) is 2. The van der Waals surface area contributed by atoms with Gasteiger partial charge < -0.3 is 10.6 Å². The van der Waals surface area contributed by atoms with E-state index in [4.69, 9.17) is 0 Å². The average Bonchev–Trinajstić information content (AvgIpc) is 2.29. The van der Waals surface area contributed by atoms with Gasteiger partial charge >= 0.3 is 0 Å². The zero-order valence-corrected chi connectivity index (χ0v) is 15.3. The Morgan fingerprint density at radius 1 is 1.42 bits per heavy atom. The summed E-state index contributed by atoms with van der Waals surface area (Å²) < 4.78 is 22.1. The van der Waals surface area contributed by atoms with E-state index in [-0.39, 0.29) is 35.8 Å². The molecule has 7 heteroatoms. The highest BCUT2D eigenvalue weighted by Gasteiger charge is 2.08. The van der Waals surface area contributed by atoms with Gasteiger partial charge in [0.2, 0.25) is 0 Å². The topological polar surface area (TPSA) is 70.6 Å². The van der Waals surface area contributed by atoms with Crippen molar-refractivity contribution in [2.24, 2.45) is 4.99 Å². The minimum atomic E-state index is -2.90. The van der Waals surface area contributed by atoms with Crippen molar-refractivity contribution in [3.05, 3.63) is 12.2 Å². The van der Waals surface area contributed by atoms with Crippen LogP contribution < -0.4 is 10.6 Å². The van der Waals surface area contributed by atoms with Crippen LogP contribution in [0.25, 0.3) is 0 Å². The number of nitrogens with zero attached hydrogens (tertiary/aromatic N) is 1. The van der Waals surface area contributed by atoms with Crippen molar-refractivity contribution in [3.63, 3.8) is 0 Å². The third kappa shape index (κ3) is 13.9. The Labute approximate surface area is 134 Å². The Kier molecular flexibility index (Phi) is 12.7. The average molecular weight is 403 g/mol. The molecular weight excluding hydrogens is 377 g/mol. The van der Waals surface area contributed by atoms with E-state index in [0.29, 0.717) is 12.4 Å². The summed E-state index contributed by atoms with van der Waals surface area (Å²) in [6.07, 6.45) is 6.85. The fourth-order valence-electron chi connectivity index (χ4n) is 1.33. The summed E-state index contributed by atoms with van der Waals surface area (Å²) in [7, 11) is -1.19. The molecule has 0 bridgehead atoms. The standard InChI is InChI=1S/C12H25N3O2S.HI/c1-5-6-7-9-14-12(13-3)15-11(2)8-10-18(4,16)17;/h5-6,11H,7-10H2,1-4H3,(H2,13,14,15);1H/b6-5+;. The van der Waals surface area contributed by atoms with Gasteiger partial charge in [0.15, 0.2) is 5.96 Å². The second-order valence-corrected chi connectivity index (χ2v) is 6.58. The first-order valence-electron chi connectivity index (χ1n) is 6.15. The third-order valence-electron chi connectivity index (χ3n) is 2.37. The molecular formula is C12H26IN3O2S. The lowest BCUT2D eigenvalue weighted by atomic mass is 10.3. The van der Waals surface area contributed by atoms with E-state index >= 15 is 0 Å². The van der Waals surface area contributed by atoms with Crippen molar-refractivity contribution in [3.8, 4) is 0 Å². The molecule has 0 aromatic carbocycles. The minimum Gasteiger partial charge on any atom is -0.356 e. The first-order chi connectivity index (χ1) is 8.39. The molecule has 5 nitrogen and oxygen atoms in total. The summed E-state index contributed by atoms with van der Waals surface area (Å²) in [5.41, 5.74) is 0. The smallest absolute Gasteiger partial charge is 0.191 e. The van der Waals surface area contributed by atoms with Gasteiger partial charge in [-0.15, -0.1) is 24.0 Å². The fourth-order valence-corrected chi connectivity index (χ4v) is 2.11. The van der Waals surface area contributed by atoms with Crippen LogP contribution in [0.3, 0.4) is 0 Å². The van der Waals surface area contributed by atoms with Crippen molar-refractivity contribution >= 4 is 39.8 Å². The van der Waals surface area contributed by atoms with Crippen LogP contribution in [0.5, 0.6) is 0 Å². The monoisotopic (exact) mass is 403 g/mol. The van der Waals surface area contributed by atoms with E-state index in [9.17, 15) is 8.42 Å². The predicted octanol–water partition coefficient (Wildman–Crippen LogP) is 1.56. The molecule has 0 aliphatic carbocycles. The molecule has 0 rings (SSSR count). The molecule has 0 heterocycles. The van der Waals surface area contributed by atoms with Crippen molar-refractivity contribution in [1.82, 2.24) is 10.6 Å². The van der Waals surface area contributed by atoms with Gasteiger partial charge in [0.05, 0.1) is 5.75 Å². The normalized spacial score (nSPS) is 14.0. The van der Waals surface area contributed by atoms with E-state index < -0.39 is 9.84 Å². The number of guanidine groups is 1. The van der Waals surface area contributed by atoms with Crippen LogP contribution in [0.2, 0.25) is 0 Å². The van der Waals surface area contributed by atoms with Crippen molar-refractivity contribution in [1.29, 1.82) is 0 Å². The molecule has 1 unspecified atom stereocenters. The Balaban J connectivity index is 0. The highest BCUT2D eigenvalue weighted by Crippen LogP contribution is 1.95. The maximum absolute atomic E-state index is 11.1. The summed E-state index contributed by atoms with van der Waals surface area (Å²) in [4.78, 5) is 4.09. The van der Waals surface area contributed by atoms with Gasteiger partial charge in [-0.1, -0.05) is 12.2 Å². The number of allylic oxidation sites excluding steroid dienone is 1. The quantitative estimate of drug-likeness (QED) is 0.223. The van der Waals surface area contributed by atoms with E-state index in [0.717, 1.165) is 13.0 Å². The Morgan fingerprint density at radius 2 is 2.05 bits per heavy atom. The number of halogens is 1. The predicted molar refractivity (Wildman–Crippen MR) is 93.1 cm³/mol. The van der Waals surface area contributed by atoms with Crippen LogP contribution >= 0.6 is 24.0 Å². The molecule has 0 aromatic rings. The molecule has 0 radical (unpaired) electrons. The van der Waals surface area contributed by atoms with Crippen molar-refractivity contribution < 1.29 is 8.42 Å². The highest BCUT2D eigenvalue weighted by molar-refractivity contribution is 14.0. The van der Waals surface area contributed by atoms with Crippen molar-refractivity contribution in [2.45, 2.75) is 32.7 Å². The Hall–Kier alpha value is -0.310. The van der Waals surface area contributed by atoms with Gasteiger partial charge in [-0.25, -0.2) is 8.42 Å². The van der Waals surface area contributed by atoms with Gasteiger partial charge in [-0.2, -0.15) is 0 Å². The Bertz CT molecular complexity index is 380. The van der Waals surface area contributed by atoms with Gasteiger partial charge in [0.25, 0.3) is 0 Å². The summed E-state index contributed by atoms with van der Waals surface area (Å²) in [5.74, 6) is 0.900. The lowest BCUT2D eigenvalue weighted by molar-refractivity contribution is 0.581. The highest BCUT2D eigenvalue weighted by atomic mass is 127. The molecule has 0 saturated heterocycles. The van der Waals surface area contributed by atoms with Crippen LogP contribution in [0.4, 0.5) is 0 Å². The molecule has 1 atom stereocenters. The number of nitrogens with one attached hydrogen (secondary N) is 2. The van der Waals surface area contributed by atoms with Crippen LogP contribution in [-0.2, 0) is 9.84 Å². The lowest BCUT2D eigenvalue weighted by Gasteiger charge is -2.17. The number of aliphatic imine (C=N–C) groups is 1. The van der Waals surface area contributed by atoms with Gasteiger partial charge in [-0.3, -0.25) is 4.99 Å². The van der Waals surface area contributed by atoms with E-state index in [1.54, 1.807) is 7.05 Å². The second-order valence-electron chi connectivity index (χ2n) is 4.32. The fraction of sp³-hybridized carbons (Fsp3) is 0.750. The maximum atomic E-state index is 11.1. The molecule has 0 aliphatic heterocycles. The molecule has 2 N–H and O–H groups in total. The molecule has 0 saturated carbocycles. The van der Waals surface area contributed by atoms with Crippen molar-refractivity contribution in [2.75, 3.05) is 25.6 Å². The maximum Gasteiger partial charge on any atom is 0.191 e. The molecule has 0 aromatic heterocycles. The second kappa shape index (κ2) is 11.5. The minimum absolute atomic E-state index is 0. The molecule has 0 amide bonds. The van der Waals surface area contributed by atoms with Crippen LogP contribution in [-0.4, -0.2) is 46.0 Å². The summed E-state index contributed by atoms with van der Waals surface area (Å²) >= 11 is 0. The molecule has 0 aliphatic rings. The van der Waals surface area contributed by atoms with E-state index in [1.807, 2.05) is 19.9 Å². The van der Waals surface area contributed by atoms with Gasteiger partial charge in [0.1, 0.15) is 9.84 Å². The summed E-state index contributed by atoms with van der Waals surface area (Å²) in [6.45, 7) is 4.74. The first kappa shape index (κ1) is 21.0. The summed E-state index contributed by atoms with van der Waals surface area (Å²) in [5, 5.41) is 6.34. The van der Waals surface area contributed by atoms with Gasteiger partial charge in [-0.05, 0) is 26.7 Å².